The van der Waals surface area contributed by atoms with Crippen LogP contribution in [0.25, 0.3) is 0 Å². The molecule has 0 spiro atoms. The Kier molecular flexibility index (Phi) is 5.58. The molecule has 1 unspecified atom stereocenters. The average Bonchev–Trinajstić information content (AvgIpc) is 2.34. The van der Waals surface area contributed by atoms with E-state index in [-0.39, 0.29) is 23.8 Å². The number of amides is 1. The van der Waals surface area contributed by atoms with Crippen LogP contribution in [0.4, 0.5) is 4.39 Å². The van der Waals surface area contributed by atoms with Crippen molar-refractivity contribution >= 4 is 5.91 Å². The van der Waals surface area contributed by atoms with Crippen LogP contribution in [0.3, 0.4) is 0 Å². The first kappa shape index (κ1) is 14.4. The van der Waals surface area contributed by atoms with Crippen LogP contribution in [-0.2, 0) is 0 Å². The third-order valence-electron chi connectivity index (χ3n) is 2.86. The minimum atomic E-state index is -0.747. The van der Waals surface area contributed by atoms with Gasteiger partial charge in [0.1, 0.15) is 11.6 Å². The lowest BCUT2D eigenvalue weighted by Crippen LogP contribution is -2.30. The van der Waals surface area contributed by atoms with E-state index in [1.54, 1.807) is 0 Å². The van der Waals surface area contributed by atoms with E-state index in [0.717, 1.165) is 12.5 Å². The molecule has 1 aromatic rings. The zero-order valence-electron chi connectivity index (χ0n) is 10.3. The fraction of sp³-hybridized carbons (Fsp3) is 0.462. The predicted octanol–water partition coefficient (Wildman–Crippen LogP) is 1.67. The summed E-state index contributed by atoms with van der Waals surface area (Å²) in [6.07, 6.45) is 1.44. The number of aromatic hydroxyl groups is 1. The van der Waals surface area contributed by atoms with Crippen molar-refractivity contribution in [3.63, 3.8) is 0 Å². The molecule has 1 atom stereocenters. The Bertz CT molecular complexity index is 409. The maximum atomic E-state index is 13.4. The van der Waals surface area contributed by atoms with E-state index in [0.29, 0.717) is 13.0 Å². The van der Waals surface area contributed by atoms with Crippen LogP contribution in [0.5, 0.6) is 5.75 Å². The summed E-state index contributed by atoms with van der Waals surface area (Å²) in [6.45, 7) is 2.44. The molecule has 1 aromatic carbocycles. The zero-order chi connectivity index (χ0) is 13.5. The Hall–Kier alpha value is -1.62. The van der Waals surface area contributed by atoms with Crippen molar-refractivity contribution in [2.75, 3.05) is 13.2 Å². The SMILES string of the molecule is CCC(CCO)CNC(=O)c1ccc(O)cc1F. The van der Waals surface area contributed by atoms with Gasteiger partial charge in [0.25, 0.3) is 5.91 Å². The molecule has 0 heterocycles. The molecule has 0 fully saturated rings. The average molecular weight is 255 g/mol. The van der Waals surface area contributed by atoms with E-state index in [2.05, 4.69) is 5.32 Å². The van der Waals surface area contributed by atoms with Gasteiger partial charge in [-0.05, 0) is 24.5 Å². The standard InChI is InChI=1S/C13H18FNO3/c1-2-9(5-6-16)8-15-13(18)11-4-3-10(17)7-12(11)14/h3-4,7,9,16-17H,2,5-6,8H2,1H3,(H,15,18). The number of carbonyl (C=O) groups excluding carboxylic acids is 1. The molecular formula is C13H18FNO3. The molecule has 0 bridgehead atoms. The van der Waals surface area contributed by atoms with Crippen molar-refractivity contribution in [2.24, 2.45) is 5.92 Å². The lowest BCUT2D eigenvalue weighted by Gasteiger charge is -2.14. The molecule has 4 nitrogen and oxygen atoms in total. The quantitative estimate of drug-likeness (QED) is 0.724. The molecule has 0 radical (unpaired) electrons. The lowest BCUT2D eigenvalue weighted by molar-refractivity contribution is 0.0939. The molecule has 0 aliphatic carbocycles. The van der Waals surface area contributed by atoms with Gasteiger partial charge in [0.2, 0.25) is 0 Å². The molecule has 1 amide bonds. The van der Waals surface area contributed by atoms with E-state index in [4.69, 9.17) is 10.2 Å². The Morgan fingerprint density at radius 2 is 2.22 bits per heavy atom. The van der Waals surface area contributed by atoms with Gasteiger partial charge < -0.3 is 15.5 Å². The minimum absolute atomic E-state index is 0.0714. The van der Waals surface area contributed by atoms with Crippen LogP contribution < -0.4 is 5.32 Å². The first-order valence-corrected chi connectivity index (χ1v) is 5.96. The molecule has 0 saturated carbocycles. The summed E-state index contributed by atoms with van der Waals surface area (Å²) < 4.78 is 13.4. The number of hydrogen-bond acceptors (Lipinski definition) is 3. The van der Waals surface area contributed by atoms with Crippen LogP contribution in [0, 0.1) is 11.7 Å². The summed E-state index contributed by atoms with van der Waals surface area (Å²) in [5.41, 5.74) is -0.0911. The van der Waals surface area contributed by atoms with Gasteiger partial charge in [-0.25, -0.2) is 4.39 Å². The molecule has 1 rings (SSSR count). The highest BCUT2D eigenvalue weighted by Crippen LogP contribution is 2.15. The number of benzene rings is 1. The van der Waals surface area contributed by atoms with E-state index in [1.165, 1.54) is 12.1 Å². The number of halogens is 1. The molecule has 18 heavy (non-hydrogen) atoms. The summed E-state index contributed by atoms with van der Waals surface area (Å²) in [6, 6.07) is 3.41. The third-order valence-corrected chi connectivity index (χ3v) is 2.86. The number of aliphatic hydroxyl groups is 1. The summed E-state index contributed by atoms with van der Waals surface area (Å²) in [4.78, 5) is 11.7. The minimum Gasteiger partial charge on any atom is -0.508 e. The van der Waals surface area contributed by atoms with Crippen LogP contribution >= 0.6 is 0 Å². The van der Waals surface area contributed by atoms with Crippen LogP contribution in [0.1, 0.15) is 30.1 Å². The molecule has 100 valence electrons. The van der Waals surface area contributed by atoms with Gasteiger partial charge >= 0.3 is 0 Å². The van der Waals surface area contributed by atoms with Gasteiger partial charge in [-0.1, -0.05) is 13.3 Å². The summed E-state index contributed by atoms with van der Waals surface area (Å²) in [5.74, 6) is -1.29. The smallest absolute Gasteiger partial charge is 0.254 e. The molecule has 0 saturated heterocycles. The monoisotopic (exact) mass is 255 g/mol. The van der Waals surface area contributed by atoms with Gasteiger partial charge in [0.15, 0.2) is 0 Å². The zero-order valence-corrected chi connectivity index (χ0v) is 10.3. The highest BCUT2D eigenvalue weighted by atomic mass is 19.1. The first-order valence-electron chi connectivity index (χ1n) is 5.96. The fourth-order valence-corrected chi connectivity index (χ4v) is 1.65. The molecular weight excluding hydrogens is 237 g/mol. The number of rotatable bonds is 6. The Morgan fingerprint density at radius 3 is 2.78 bits per heavy atom. The number of phenolic OH excluding ortho intramolecular Hbond substituents is 1. The van der Waals surface area contributed by atoms with E-state index >= 15 is 0 Å². The van der Waals surface area contributed by atoms with Crippen LogP contribution in [0.15, 0.2) is 18.2 Å². The fourth-order valence-electron chi connectivity index (χ4n) is 1.65. The van der Waals surface area contributed by atoms with Gasteiger partial charge in [-0.3, -0.25) is 4.79 Å². The number of carbonyl (C=O) groups is 1. The molecule has 0 aliphatic heterocycles. The largest absolute Gasteiger partial charge is 0.508 e. The summed E-state index contributed by atoms with van der Waals surface area (Å²) in [5, 5.41) is 20.5. The van der Waals surface area contributed by atoms with Crippen molar-refractivity contribution in [1.82, 2.24) is 5.32 Å². The number of nitrogens with one attached hydrogen (secondary N) is 1. The van der Waals surface area contributed by atoms with Gasteiger partial charge in [0, 0.05) is 19.2 Å². The second-order valence-electron chi connectivity index (χ2n) is 4.16. The number of hydrogen-bond donors (Lipinski definition) is 3. The van der Waals surface area contributed by atoms with Gasteiger partial charge in [-0.2, -0.15) is 0 Å². The van der Waals surface area contributed by atoms with Crippen molar-refractivity contribution in [1.29, 1.82) is 0 Å². The second kappa shape index (κ2) is 6.96. The van der Waals surface area contributed by atoms with E-state index in [1.807, 2.05) is 6.92 Å². The third kappa shape index (κ3) is 4.00. The summed E-state index contributed by atoms with van der Waals surface area (Å²) >= 11 is 0. The predicted molar refractivity (Wildman–Crippen MR) is 65.9 cm³/mol. The van der Waals surface area contributed by atoms with E-state index in [9.17, 15) is 9.18 Å². The highest BCUT2D eigenvalue weighted by Gasteiger charge is 2.13. The number of phenols is 1. The molecule has 5 heteroatoms. The van der Waals surface area contributed by atoms with Crippen LogP contribution in [-0.4, -0.2) is 29.3 Å². The van der Waals surface area contributed by atoms with Crippen LogP contribution in [0.2, 0.25) is 0 Å². The molecule has 3 N–H and O–H groups in total. The van der Waals surface area contributed by atoms with Gasteiger partial charge in [-0.15, -0.1) is 0 Å². The normalized spacial score (nSPS) is 12.2. The van der Waals surface area contributed by atoms with Crippen molar-refractivity contribution < 1.29 is 19.4 Å². The van der Waals surface area contributed by atoms with Crippen molar-refractivity contribution in [3.05, 3.63) is 29.6 Å². The Morgan fingerprint density at radius 1 is 1.50 bits per heavy atom. The van der Waals surface area contributed by atoms with Crippen molar-refractivity contribution in [2.45, 2.75) is 19.8 Å². The second-order valence-corrected chi connectivity index (χ2v) is 4.16. The maximum absolute atomic E-state index is 13.4. The van der Waals surface area contributed by atoms with Crippen molar-refractivity contribution in [3.8, 4) is 5.75 Å². The summed E-state index contributed by atoms with van der Waals surface area (Å²) in [7, 11) is 0. The topological polar surface area (TPSA) is 69.6 Å². The van der Waals surface area contributed by atoms with Gasteiger partial charge in [0.05, 0.1) is 5.56 Å². The highest BCUT2D eigenvalue weighted by molar-refractivity contribution is 5.94. The molecule has 0 aliphatic rings. The maximum Gasteiger partial charge on any atom is 0.254 e. The Labute approximate surface area is 105 Å². The lowest BCUT2D eigenvalue weighted by atomic mass is 10.0. The molecule has 0 aromatic heterocycles. The Balaban J connectivity index is 2.59. The number of aliphatic hydroxyl groups excluding tert-OH is 1. The van der Waals surface area contributed by atoms with E-state index < -0.39 is 11.7 Å². The first-order chi connectivity index (χ1) is 8.58.